The number of pyridine rings is 3. The van der Waals surface area contributed by atoms with Crippen molar-refractivity contribution in [2.24, 2.45) is 10.9 Å². The van der Waals surface area contributed by atoms with E-state index in [1.54, 1.807) is 109 Å². The molecule has 16 aromatic rings. The molecule has 8 aromatic carbocycles. The number of nitrogens with one attached hydrogen (secondary N) is 5. The first kappa shape index (κ1) is 84.2. The Morgan fingerprint density at radius 1 is 0.484 bits per heavy atom. The van der Waals surface area contributed by atoms with Crippen molar-refractivity contribution < 1.29 is 51.6 Å². The summed E-state index contributed by atoms with van der Waals surface area (Å²) in [6.45, 7) is 0. The summed E-state index contributed by atoms with van der Waals surface area (Å²) in [7, 11) is 3.95. The molecule has 0 radical (unpaired) electrons. The van der Waals surface area contributed by atoms with E-state index in [0.717, 1.165) is 105 Å². The largest absolute Gasteiger partial charge is 0.618 e. The number of halogens is 3. The number of aliphatic imine (C=N–C) groups is 1. The van der Waals surface area contributed by atoms with Crippen molar-refractivity contribution in [3.63, 3.8) is 0 Å². The number of hydrogen-bond donors (Lipinski definition) is 5. The van der Waals surface area contributed by atoms with E-state index >= 15 is 0 Å². The molecule has 8 aromatic heterocycles. The van der Waals surface area contributed by atoms with E-state index < -0.39 is 18.3 Å². The van der Waals surface area contributed by atoms with E-state index in [9.17, 15) is 30.0 Å². The number of aromatic amines is 2. The maximum Gasteiger partial charge on any atom is 0.411 e. The van der Waals surface area contributed by atoms with Crippen LogP contribution < -0.4 is 30.1 Å². The highest BCUT2D eigenvalue weighted by Crippen LogP contribution is 2.43. The standard InChI is InChI=1S/2C33H26ClN5O4.C29H26ClN7O3/c2*1-42-33(40)37-25-11-7-22(8-12-25)29-17-36-32(38-29)28(15-21-5-3-2-4-6-21)30-14-9-23(19-39(30)41)27-16-24(34)10-13-26(27)31-18-35-20-43-31;1-40-29(38)33-23-8-4-19(5-9-23)21-13-26(31-15-21)25(12-18-2-3-18)28-10-6-20(16-37(28)39)24-14-22(30)7-11-27(24)36-17-32-34-35-36/h2*2-14,16-20,28H,15H2,1H3,(H,36,38)(H,37,40);4-11,14-18,25H,2-3,12-13H2,1H3,(H,33,38)/t2*28-;/m10./s1. The van der Waals surface area contributed by atoms with Gasteiger partial charge in [-0.2, -0.15) is 18.9 Å². The van der Waals surface area contributed by atoms with Gasteiger partial charge in [-0.15, -0.1) is 5.10 Å². The first-order valence-corrected chi connectivity index (χ1v) is 41.0. The van der Waals surface area contributed by atoms with Gasteiger partial charge in [-0.05, 0) is 178 Å². The first-order valence-electron chi connectivity index (χ1n) is 39.8. The predicted molar refractivity (Wildman–Crippen MR) is 478 cm³/mol. The van der Waals surface area contributed by atoms with E-state index in [-0.39, 0.29) is 17.8 Å². The lowest BCUT2D eigenvalue weighted by Crippen LogP contribution is -2.35. The minimum Gasteiger partial charge on any atom is -0.618 e. The van der Waals surface area contributed by atoms with Gasteiger partial charge in [0, 0.05) is 113 Å². The van der Waals surface area contributed by atoms with Crippen molar-refractivity contribution in [3.8, 4) is 84.2 Å². The van der Waals surface area contributed by atoms with E-state index in [1.165, 1.54) is 53.3 Å². The van der Waals surface area contributed by atoms with Gasteiger partial charge < -0.3 is 48.6 Å². The number of oxazole rings is 2. The Labute approximate surface area is 736 Å². The van der Waals surface area contributed by atoms with Crippen LogP contribution in [0.25, 0.3) is 89.8 Å². The van der Waals surface area contributed by atoms with Gasteiger partial charge in [0.15, 0.2) is 42.9 Å². The van der Waals surface area contributed by atoms with Crippen LogP contribution in [0.4, 0.5) is 31.4 Å². The molecule has 1 aliphatic carbocycles. The fourth-order valence-corrected chi connectivity index (χ4v) is 15.5. The number of hydrogen-bond acceptors (Lipinski definition) is 19. The molecule has 18 rings (SSSR count). The Kier molecular flexibility index (Phi) is 25.9. The molecule has 126 heavy (non-hydrogen) atoms. The summed E-state index contributed by atoms with van der Waals surface area (Å²) >= 11 is 19.0. The zero-order valence-corrected chi connectivity index (χ0v) is 70.0. The van der Waals surface area contributed by atoms with Crippen molar-refractivity contribution in [1.29, 1.82) is 0 Å². The zero-order chi connectivity index (χ0) is 87.2. The first-order chi connectivity index (χ1) is 61.4. The maximum absolute atomic E-state index is 13.7. The number of rotatable bonds is 24. The Bertz CT molecular complexity index is 6300. The van der Waals surface area contributed by atoms with Gasteiger partial charge in [-0.1, -0.05) is 145 Å². The molecule has 1 saturated carbocycles. The number of amides is 3. The molecule has 1 fully saturated rings. The van der Waals surface area contributed by atoms with E-state index in [4.69, 9.17) is 58.6 Å². The van der Waals surface area contributed by atoms with Crippen LogP contribution in [0.3, 0.4) is 0 Å². The summed E-state index contributed by atoms with van der Waals surface area (Å²) in [5, 5.41) is 61.9. The highest BCUT2D eigenvalue weighted by atomic mass is 35.5. The number of allylic oxidation sites excluding steroid dienone is 1. The number of tetrazole rings is 1. The Morgan fingerprint density at radius 2 is 0.897 bits per heavy atom. The minimum atomic E-state index is -0.540. The highest BCUT2D eigenvalue weighted by molar-refractivity contribution is 6.31. The van der Waals surface area contributed by atoms with Crippen molar-refractivity contribution in [2.75, 3.05) is 37.3 Å². The number of nitrogens with zero attached hydrogens (tertiary/aromatic N) is 12. The number of H-pyrrole nitrogens is 2. The molecule has 3 amide bonds. The van der Waals surface area contributed by atoms with Gasteiger partial charge in [0.2, 0.25) is 17.1 Å². The molecule has 31 heteroatoms. The summed E-state index contributed by atoms with van der Waals surface area (Å²) in [5.74, 6) is 2.23. The quantitative estimate of drug-likeness (QED) is 0.0213. The number of carbonyl (C=O) groups excluding carboxylic acids is 3. The molecule has 5 N–H and O–H groups in total. The van der Waals surface area contributed by atoms with Gasteiger partial charge in [0.1, 0.15) is 29.8 Å². The lowest BCUT2D eigenvalue weighted by atomic mass is 9.88. The molecule has 0 spiro atoms. The average Bonchev–Trinajstić information content (AvgIpc) is 1.09. The molecule has 1 aliphatic heterocycles. The molecule has 9 heterocycles. The smallest absolute Gasteiger partial charge is 0.411 e. The molecule has 28 nitrogen and oxygen atoms in total. The second kappa shape index (κ2) is 38.8. The van der Waals surface area contributed by atoms with Crippen molar-refractivity contribution in [1.82, 2.24) is 50.1 Å². The topological polar surface area (TPSA) is 361 Å². The van der Waals surface area contributed by atoms with Gasteiger partial charge in [-0.25, -0.2) is 34.3 Å². The third kappa shape index (κ3) is 20.2. The number of imidazole rings is 2. The van der Waals surface area contributed by atoms with Crippen LogP contribution >= 0.6 is 34.8 Å². The lowest BCUT2D eigenvalue weighted by Gasteiger charge is -2.18. The summed E-state index contributed by atoms with van der Waals surface area (Å²) in [4.78, 5) is 63.6. The molecule has 2 aliphatic rings. The molecule has 3 atom stereocenters. The van der Waals surface area contributed by atoms with Crippen LogP contribution in [-0.2, 0) is 27.1 Å². The number of aromatic nitrogens is 13. The number of ether oxygens (including phenoxy) is 3. The molecule has 0 saturated heterocycles. The normalized spacial score (nSPS) is 12.8. The maximum atomic E-state index is 13.7. The van der Waals surface area contributed by atoms with Crippen molar-refractivity contribution >= 4 is 81.4 Å². The van der Waals surface area contributed by atoms with Crippen LogP contribution in [0, 0.1) is 21.5 Å². The van der Waals surface area contributed by atoms with Crippen LogP contribution in [0.5, 0.6) is 0 Å². The summed E-state index contributed by atoms with van der Waals surface area (Å²) in [6, 6.07) is 69.7. The predicted octanol–water partition coefficient (Wildman–Crippen LogP) is 20.0. The number of carbonyl (C=O) groups is 3. The fraction of sp³-hybridized carbons (Fsp3) is 0.137. The molecular formula is C95H78Cl3N17O11. The Morgan fingerprint density at radius 3 is 1.30 bits per heavy atom. The minimum absolute atomic E-state index is 0.0913. The van der Waals surface area contributed by atoms with E-state index in [2.05, 4.69) is 65.6 Å². The SMILES string of the molecule is COC(=O)Nc1ccc(-c2cnc([C@@H](Cc3ccccc3)c3ccc(-c4cc(Cl)ccc4-c4cnco4)c[n+]3[O-])[nH]2)cc1.COC(=O)Nc1ccc(-c2cnc([C@H](Cc3ccccc3)c3ccc(-c4cc(Cl)ccc4-c4cnco4)c[n+]3[O-])[nH]2)cc1.COC(=O)Nc1ccc(C2=CN=C(C(CC3CC3)c3ccc(-c4cc(Cl)ccc4-n4cnnn4)c[n+]3[O-])C2)cc1. The monoisotopic (exact) mass is 1740 g/mol. The molecule has 630 valence electrons. The third-order valence-electron chi connectivity index (χ3n) is 21.5. The molecule has 1 unspecified atom stereocenters. The molecular weight excluding hydrogens is 1660 g/mol. The van der Waals surface area contributed by atoms with Crippen LogP contribution in [0.1, 0.15) is 88.9 Å². The number of methoxy groups -OCH3 is 3. The van der Waals surface area contributed by atoms with Gasteiger partial charge in [0.05, 0.1) is 69.1 Å². The lowest BCUT2D eigenvalue weighted by molar-refractivity contribution is -0.614. The summed E-state index contributed by atoms with van der Waals surface area (Å²) < 4.78 is 29.3. The second-order valence-corrected chi connectivity index (χ2v) is 31.0. The van der Waals surface area contributed by atoms with Gasteiger partial charge >= 0.3 is 18.3 Å². The van der Waals surface area contributed by atoms with Crippen LogP contribution in [0.2, 0.25) is 15.1 Å². The Balaban J connectivity index is 0.000000139. The van der Waals surface area contributed by atoms with E-state index in [1.807, 2.05) is 170 Å². The van der Waals surface area contributed by atoms with E-state index in [0.29, 0.717) is 114 Å². The fourth-order valence-electron chi connectivity index (χ4n) is 15.0. The van der Waals surface area contributed by atoms with Crippen molar-refractivity contribution in [3.05, 3.63) is 369 Å². The summed E-state index contributed by atoms with van der Waals surface area (Å²) in [5.41, 5.74) is 18.7. The van der Waals surface area contributed by atoms with Crippen molar-refractivity contribution in [2.45, 2.75) is 56.3 Å². The van der Waals surface area contributed by atoms with Crippen LogP contribution in [-0.4, -0.2) is 95.4 Å². The number of anilines is 3. The average molecular weight is 1740 g/mol. The molecule has 0 bridgehead atoms. The van der Waals surface area contributed by atoms with Gasteiger partial charge in [0.25, 0.3) is 0 Å². The number of benzene rings is 8. The van der Waals surface area contributed by atoms with Crippen LogP contribution in [0.15, 0.2) is 307 Å². The second-order valence-electron chi connectivity index (χ2n) is 29.6. The zero-order valence-electron chi connectivity index (χ0n) is 67.8. The van der Waals surface area contributed by atoms with Gasteiger partial charge in [-0.3, -0.25) is 20.9 Å². The highest BCUT2D eigenvalue weighted by Gasteiger charge is 2.36. The third-order valence-corrected chi connectivity index (χ3v) is 22.2. The Hall–Kier alpha value is -15.4. The summed E-state index contributed by atoms with van der Waals surface area (Å²) in [6.07, 6.45) is 20.9.